The zero-order chi connectivity index (χ0) is 13.2. The van der Waals surface area contributed by atoms with Crippen molar-refractivity contribution in [1.82, 2.24) is 0 Å². The number of rotatable bonds is 2. The predicted octanol–water partition coefficient (Wildman–Crippen LogP) is 3.98. The molecule has 94 valence electrons. The second-order valence-electron chi connectivity index (χ2n) is 4.40. The van der Waals surface area contributed by atoms with Gasteiger partial charge in [0.05, 0.1) is 6.04 Å². The van der Waals surface area contributed by atoms with Crippen LogP contribution in [0.5, 0.6) is 0 Å². The minimum atomic E-state index is -0.0628. The Labute approximate surface area is 116 Å². The Morgan fingerprint density at radius 3 is 2.32 bits per heavy atom. The fourth-order valence-electron chi connectivity index (χ4n) is 2.27. The van der Waals surface area contributed by atoms with Gasteiger partial charge in [-0.1, -0.05) is 48.0 Å². The highest BCUT2D eigenvalue weighted by atomic mass is 35.5. The summed E-state index contributed by atoms with van der Waals surface area (Å²) in [6.45, 7) is 0. The molecule has 0 bridgehead atoms. The molecule has 0 radical (unpaired) electrons. The lowest BCUT2D eigenvalue weighted by Gasteiger charge is -2.25. The fourth-order valence-corrected chi connectivity index (χ4v) is 2.40. The van der Waals surface area contributed by atoms with Crippen LogP contribution in [0.1, 0.15) is 11.6 Å². The topological polar surface area (TPSA) is 20.3 Å². The molecule has 3 heteroatoms. The molecule has 2 aromatic rings. The number of nitrogens with zero attached hydrogens (tertiary/aromatic N) is 1. The van der Waals surface area contributed by atoms with Crippen LogP contribution in [0.4, 0.5) is 5.69 Å². The number of carbonyl (C=O) groups is 1. The Balaban J connectivity index is 1.99. The van der Waals surface area contributed by atoms with Crippen molar-refractivity contribution in [3.8, 4) is 0 Å². The number of para-hydroxylation sites is 1. The van der Waals surface area contributed by atoms with Gasteiger partial charge in [-0.05, 0) is 29.8 Å². The molecule has 1 aliphatic heterocycles. The van der Waals surface area contributed by atoms with Crippen LogP contribution in [0.2, 0.25) is 5.02 Å². The molecule has 2 nitrogen and oxygen atoms in total. The van der Waals surface area contributed by atoms with Gasteiger partial charge in [0.25, 0.3) is 5.91 Å². The number of hydrogen-bond donors (Lipinski definition) is 0. The molecule has 19 heavy (non-hydrogen) atoms. The first kappa shape index (κ1) is 12.0. The van der Waals surface area contributed by atoms with Crippen LogP contribution in [0.3, 0.4) is 0 Å². The molecule has 0 N–H and O–H groups in total. The molecular weight excluding hydrogens is 258 g/mol. The first-order valence-electron chi connectivity index (χ1n) is 6.07. The maximum atomic E-state index is 12.0. The summed E-state index contributed by atoms with van der Waals surface area (Å²) in [7, 11) is 0. The van der Waals surface area contributed by atoms with E-state index in [0.29, 0.717) is 5.02 Å². The SMILES string of the molecule is O=C1C=CC(c2ccc(Cl)cc2)N1c1ccccc1. The van der Waals surface area contributed by atoms with Gasteiger partial charge in [0.2, 0.25) is 0 Å². The van der Waals surface area contributed by atoms with Crippen molar-refractivity contribution in [3.63, 3.8) is 0 Å². The fraction of sp³-hybridized carbons (Fsp3) is 0.0625. The van der Waals surface area contributed by atoms with Crippen LogP contribution in [0.25, 0.3) is 0 Å². The Bertz CT molecular complexity index is 619. The number of benzene rings is 2. The molecule has 1 atom stereocenters. The largest absolute Gasteiger partial charge is 0.298 e. The van der Waals surface area contributed by atoms with Crippen LogP contribution in [-0.2, 0) is 4.79 Å². The van der Waals surface area contributed by atoms with E-state index in [1.165, 1.54) is 0 Å². The third kappa shape index (κ3) is 2.27. The molecule has 1 amide bonds. The Kier molecular flexibility index (Phi) is 3.10. The van der Waals surface area contributed by atoms with Crippen molar-refractivity contribution in [2.75, 3.05) is 4.90 Å². The van der Waals surface area contributed by atoms with Gasteiger partial charge in [-0.25, -0.2) is 0 Å². The summed E-state index contributed by atoms with van der Waals surface area (Å²) < 4.78 is 0. The van der Waals surface area contributed by atoms with Crippen molar-refractivity contribution < 1.29 is 4.79 Å². The summed E-state index contributed by atoms with van der Waals surface area (Å²) in [6.07, 6.45) is 3.53. The summed E-state index contributed by atoms with van der Waals surface area (Å²) >= 11 is 5.90. The highest BCUT2D eigenvalue weighted by Gasteiger charge is 2.28. The van der Waals surface area contributed by atoms with Crippen molar-refractivity contribution in [1.29, 1.82) is 0 Å². The van der Waals surface area contributed by atoms with Gasteiger partial charge >= 0.3 is 0 Å². The summed E-state index contributed by atoms with van der Waals surface area (Å²) in [5.41, 5.74) is 1.95. The quantitative estimate of drug-likeness (QED) is 0.807. The van der Waals surface area contributed by atoms with Crippen molar-refractivity contribution in [2.24, 2.45) is 0 Å². The molecule has 0 spiro atoms. The van der Waals surface area contributed by atoms with Crippen molar-refractivity contribution >= 4 is 23.2 Å². The monoisotopic (exact) mass is 269 g/mol. The zero-order valence-electron chi connectivity index (χ0n) is 10.2. The van der Waals surface area contributed by atoms with Crippen molar-refractivity contribution in [2.45, 2.75) is 6.04 Å². The number of carbonyl (C=O) groups excluding carboxylic acids is 1. The molecule has 0 aliphatic carbocycles. The first-order chi connectivity index (χ1) is 9.25. The second kappa shape index (κ2) is 4.90. The molecule has 1 unspecified atom stereocenters. The number of halogens is 1. The molecule has 1 heterocycles. The van der Waals surface area contributed by atoms with Gasteiger partial charge in [-0.2, -0.15) is 0 Å². The number of anilines is 1. The van der Waals surface area contributed by atoms with Crippen LogP contribution in [-0.4, -0.2) is 5.91 Å². The molecule has 1 aliphatic rings. The van der Waals surface area contributed by atoms with Crippen LogP contribution in [0.15, 0.2) is 66.7 Å². The smallest absolute Gasteiger partial charge is 0.251 e. The van der Waals surface area contributed by atoms with E-state index < -0.39 is 0 Å². The van der Waals surface area contributed by atoms with Gasteiger partial charge in [0.15, 0.2) is 0 Å². The van der Waals surface area contributed by atoms with E-state index in [9.17, 15) is 4.79 Å². The predicted molar refractivity (Wildman–Crippen MR) is 77.3 cm³/mol. The number of hydrogen-bond acceptors (Lipinski definition) is 1. The maximum Gasteiger partial charge on any atom is 0.251 e. The molecule has 3 rings (SSSR count). The minimum absolute atomic E-state index is 0.00569. The van der Waals surface area contributed by atoms with Crippen LogP contribution < -0.4 is 4.90 Å². The molecule has 2 aromatic carbocycles. The van der Waals surface area contributed by atoms with E-state index in [0.717, 1.165) is 11.3 Å². The van der Waals surface area contributed by atoms with Gasteiger partial charge in [-0.3, -0.25) is 9.69 Å². The minimum Gasteiger partial charge on any atom is -0.298 e. The normalized spacial score (nSPS) is 18.1. The average Bonchev–Trinajstić information content (AvgIpc) is 2.82. The Morgan fingerprint density at radius 2 is 1.63 bits per heavy atom. The Hall–Kier alpha value is -2.06. The van der Waals surface area contributed by atoms with Gasteiger partial charge < -0.3 is 0 Å². The molecule has 0 saturated carbocycles. The van der Waals surface area contributed by atoms with E-state index in [-0.39, 0.29) is 11.9 Å². The van der Waals surface area contributed by atoms with E-state index in [1.54, 1.807) is 11.0 Å². The Morgan fingerprint density at radius 1 is 0.947 bits per heavy atom. The van der Waals surface area contributed by atoms with E-state index in [2.05, 4.69) is 0 Å². The van der Waals surface area contributed by atoms with E-state index in [1.807, 2.05) is 60.7 Å². The zero-order valence-corrected chi connectivity index (χ0v) is 10.9. The second-order valence-corrected chi connectivity index (χ2v) is 4.84. The van der Waals surface area contributed by atoms with Crippen LogP contribution >= 0.6 is 11.6 Å². The lowest BCUT2D eigenvalue weighted by atomic mass is 10.1. The highest BCUT2D eigenvalue weighted by Crippen LogP contribution is 2.32. The highest BCUT2D eigenvalue weighted by molar-refractivity contribution is 6.30. The lowest BCUT2D eigenvalue weighted by Crippen LogP contribution is -2.28. The summed E-state index contributed by atoms with van der Waals surface area (Å²) in [6, 6.07) is 17.2. The van der Waals surface area contributed by atoms with Crippen LogP contribution in [0, 0.1) is 0 Å². The first-order valence-corrected chi connectivity index (χ1v) is 6.45. The van der Waals surface area contributed by atoms with Gasteiger partial charge in [0.1, 0.15) is 0 Å². The van der Waals surface area contributed by atoms with Gasteiger partial charge in [-0.15, -0.1) is 0 Å². The van der Waals surface area contributed by atoms with E-state index in [4.69, 9.17) is 11.6 Å². The summed E-state index contributed by atoms with van der Waals surface area (Å²) in [4.78, 5) is 13.8. The molecule has 0 saturated heterocycles. The van der Waals surface area contributed by atoms with Gasteiger partial charge in [0, 0.05) is 16.8 Å². The molecular formula is C16H12ClNO. The number of amides is 1. The lowest BCUT2D eigenvalue weighted by molar-refractivity contribution is -0.113. The van der Waals surface area contributed by atoms with E-state index >= 15 is 0 Å². The summed E-state index contributed by atoms with van der Waals surface area (Å²) in [5.74, 6) is 0.00569. The summed E-state index contributed by atoms with van der Waals surface area (Å²) in [5, 5.41) is 0.698. The average molecular weight is 270 g/mol. The standard InChI is InChI=1S/C16H12ClNO/c17-13-8-6-12(7-9-13)15-10-11-16(19)18(15)14-4-2-1-3-5-14/h1-11,15H. The third-order valence-corrected chi connectivity index (χ3v) is 3.43. The molecule has 0 fully saturated rings. The third-order valence-electron chi connectivity index (χ3n) is 3.18. The maximum absolute atomic E-state index is 12.0. The molecule has 0 aromatic heterocycles. The van der Waals surface area contributed by atoms with Crippen molar-refractivity contribution in [3.05, 3.63) is 77.3 Å².